The van der Waals surface area contributed by atoms with Crippen molar-refractivity contribution in [1.29, 1.82) is 0 Å². The van der Waals surface area contributed by atoms with Crippen LogP contribution >= 0.6 is 0 Å². The number of aromatic nitrogens is 4. The maximum absolute atomic E-state index is 12.0. The van der Waals surface area contributed by atoms with Crippen LogP contribution < -0.4 is 16.0 Å². The molecule has 5 N–H and O–H groups in total. The highest BCUT2D eigenvalue weighted by Gasteiger charge is 2.14. The van der Waals surface area contributed by atoms with E-state index in [1.807, 2.05) is 0 Å². The van der Waals surface area contributed by atoms with Crippen LogP contribution in [-0.4, -0.2) is 35.1 Å². The van der Waals surface area contributed by atoms with Crippen LogP contribution in [0.25, 0.3) is 0 Å². The minimum absolute atomic E-state index is 0.0908. The monoisotopic (exact) mass is 283 g/mol. The van der Waals surface area contributed by atoms with E-state index in [1.54, 1.807) is 0 Å². The highest BCUT2D eigenvalue weighted by atomic mass is 32.2. The lowest BCUT2D eigenvalue weighted by Gasteiger charge is -2.06. The van der Waals surface area contributed by atoms with E-state index in [1.165, 1.54) is 24.7 Å². The van der Waals surface area contributed by atoms with Crippen LogP contribution in [-0.2, 0) is 16.4 Å². The summed E-state index contributed by atoms with van der Waals surface area (Å²) in [4.78, 5) is 7.83. The summed E-state index contributed by atoms with van der Waals surface area (Å²) < 4.78 is 26.4. The molecule has 0 fully saturated rings. The lowest BCUT2D eigenvalue weighted by Crippen LogP contribution is -2.26. The first kappa shape index (κ1) is 13.4. The summed E-state index contributed by atoms with van der Waals surface area (Å²) in [6, 6.07) is 2.73. The molecular formula is C9H13N7O2S. The van der Waals surface area contributed by atoms with Gasteiger partial charge in [-0.15, -0.1) is 0 Å². The van der Waals surface area contributed by atoms with Crippen LogP contribution in [0.5, 0.6) is 0 Å². The van der Waals surface area contributed by atoms with Crippen molar-refractivity contribution in [2.45, 2.75) is 11.3 Å². The number of anilines is 1. The predicted molar refractivity (Wildman–Crippen MR) is 67.3 cm³/mol. The number of rotatable bonds is 6. The van der Waals surface area contributed by atoms with Crippen LogP contribution in [0.4, 0.5) is 5.82 Å². The summed E-state index contributed by atoms with van der Waals surface area (Å²) in [6.45, 7) is 0.214. The molecule has 19 heavy (non-hydrogen) atoms. The molecule has 9 nitrogen and oxygen atoms in total. The van der Waals surface area contributed by atoms with Crippen LogP contribution in [0.2, 0.25) is 0 Å². The number of hydrazine groups is 1. The van der Waals surface area contributed by atoms with Crippen molar-refractivity contribution in [3.63, 3.8) is 0 Å². The number of H-pyrrole nitrogens is 1. The third-order valence-electron chi connectivity index (χ3n) is 2.31. The Morgan fingerprint density at radius 2 is 2.21 bits per heavy atom. The minimum atomic E-state index is -3.59. The van der Waals surface area contributed by atoms with E-state index in [4.69, 9.17) is 5.84 Å². The second-order valence-corrected chi connectivity index (χ2v) is 5.37. The normalized spacial score (nSPS) is 11.4. The van der Waals surface area contributed by atoms with E-state index in [0.717, 1.165) is 0 Å². The fourth-order valence-corrected chi connectivity index (χ4v) is 2.44. The molecule has 0 aliphatic rings. The second kappa shape index (κ2) is 5.73. The molecule has 0 radical (unpaired) electrons. The van der Waals surface area contributed by atoms with Crippen LogP contribution in [0.15, 0.2) is 29.6 Å². The number of nitrogens with two attached hydrogens (primary N) is 1. The topological polar surface area (TPSA) is 139 Å². The molecule has 0 unspecified atom stereocenters. The zero-order valence-corrected chi connectivity index (χ0v) is 10.7. The number of sulfonamides is 1. The van der Waals surface area contributed by atoms with Gasteiger partial charge in [0.05, 0.1) is 4.90 Å². The van der Waals surface area contributed by atoms with Crippen molar-refractivity contribution in [1.82, 2.24) is 24.9 Å². The average molecular weight is 283 g/mol. The number of hydrogen-bond donors (Lipinski definition) is 4. The van der Waals surface area contributed by atoms with E-state index in [0.29, 0.717) is 12.2 Å². The summed E-state index contributed by atoms with van der Waals surface area (Å²) >= 11 is 0. The first-order valence-electron chi connectivity index (χ1n) is 5.38. The minimum Gasteiger partial charge on any atom is -0.308 e. The first-order chi connectivity index (χ1) is 9.12. The maximum atomic E-state index is 12.0. The zero-order valence-electron chi connectivity index (χ0n) is 9.87. The molecule has 0 atom stereocenters. The zero-order chi connectivity index (χ0) is 13.7. The lowest BCUT2D eigenvalue weighted by molar-refractivity contribution is 0.580. The number of pyridine rings is 1. The highest BCUT2D eigenvalue weighted by Crippen LogP contribution is 2.11. The van der Waals surface area contributed by atoms with Gasteiger partial charge in [-0.2, -0.15) is 5.10 Å². The van der Waals surface area contributed by atoms with E-state index in [9.17, 15) is 8.42 Å². The predicted octanol–water partition coefficient (Wildman–Crippen LogP) is -0.994. The molecule has 0 bridgehead atoms. The van der Waals surface area contributed by atoms with E-state index in [-0.39, 0.29) is 17.3 Å². The smallest absolute Gasteiger partial charge is 0.240 e. The fourth-order valence-electron chi connectivity index (χ4n) is 1.40. The summed E-state index contributed by atoms with van der Waals surface area (Å²) in [5.41, 5.74) is 2.29. The first-order valence-corrected chi connectivity index (χ1v) is 6.87. The quantitative estimate of drug-likeness (QED) is 0.394. The number of nitrogen functional groups attached to an aromatic ring is 1. The van der Waals surface area contributed by atoms with Crippen molar-refractivity contribution < 1.29 is 8.42 Å². The molecule has 2 rings (SSSR count). The van der Waals surface area contributed by atoms with Crippen molar-refractivity contribution in [3.8, 4) is 0 Å². The second-order valence-electron chi connectivity index (χ2n) is 3.60. The molecule has 2 aromatic heterocycles. The van der Waals surface area contributed by atoms with E-state index in [2.05, 4.69) is 30.3 Å². The molecule has 2 heterocycles. The van der Waals surface area contributed by atoms with Gasteiger partial charge in [-0.1, -0.05) is 0 Å². The Morgan fingerprint density at radius 1 is 1.37 bits per heavy atom. The van der Waals surface area contributed by atoms with Crippen molar-refractivity contribution >= 4 is 15.8 Å². The molecule has 102 valence electrons. The Morgan fingerprint density at radius 3 is 2.89 bits per heavy atom. The molecule has 0 saturated carbocycles. The van der Waals surface area contributed by atoms with Crippen molar-refractivity contribution in [3.05, 3.63) is 30.5 Å². The summed E-state index contributed by atoms with van der Waals surface area (Å²) in [7, 11) is -3.59. The van der Waals surface area contributed by atoms with Gasteiger partial charge in [-0.25, -0.2) is 29.0 Å². The average Bonchev–Trinajstić information content (AvgIpc) is 2.92. The van der Waals surface area contributed by atoms with Gasteiger partial charge >= 0.3 is 0 Å². The largest absolute Gasteiger partial charge is 0.308 e. The van der Waals surface area contributed by atoms with Crippen LogP contribution in [0, 0.1) is 0 Å². The van der Waals surface area contributed by atoms with Crippen LogP contribution in [0.1, 0.15) is 5.82 Å². The van der Waals surface area contributed by atoms with E-state index >= 15 is 0 Å². The van der Waals surface area contributed by atoms with Gasteiger partial charge in [0.1, 0.15) is 18.0 Å². The van der Waals surface area contributed by atoms with Gasteiger partial charge in [-0.05, 0) is 6.07 Å². The number of hydrogen-bond acceptors (Lipinski definition) is 7. The van der Waals surface area contributed by atoms with Gasteiger partial charge in [0.15, 0.2) is 0 Å². The van der Waals surface area contributed by atoms with Gasteiger partial charge < -0.3 is 5.43 Å². The summed E-state index contributed by atoms with van der Waals surface area (Å²) in [6.07, 6.45) is 3.15. The molecule has 0 aliphatic heterocycles. The summed E-state index contributed by atoms with van der Waals surface area (Å²) in [5, 5.41) is 6.32. The third kappa shape index (κ3) is 3.47. The molecule has 0 amide bonds. The highest BCUT2D eigenvalue weighted by molar-refractivity contribution is 7.89. The van der Waals surface area contributed by atoms with Gasteiger partial charge in [0.2, 0.25) is 10.0 Å². The molecule has 2 aromatic rings. The Balaban J connectivity index is 2.01. The third-order valence-corrected chi connectivity index (χ3v) is 3.77. The summed E-state index contributed by atoms with van der Waals surface area (Å²) in [5.74, 6) is 6.07. The van der Waals surface area contributed by atoms with E-state index < -0.39 is 10.0 Å². The Bertz CT molecular complexity index is 626. The molecule has 0 saturated heterocycles. The van der Waals surface area contributed by atoms with Crippen LogP contribution in [0.3, 0.4) is 0 Å². The van der Waals surface area contributed by atoms with Crippen molar-refractivity contribution in [2.24, 2.45) is 5.84 Å². The molecule has 0 aliphatic carbocycles. The van der Waals surface area contributed by atoms with Gasteiger partial charge in [0, 0.05) is 25.2 Å². The molecular weight excluding hydrogens is 270 g/mol. The Labute approximate surface area is 109 Å². The molecule has 10 heteroatoms. The van der Waals surface area contributed by atoms with Crippen molar-refractivity contribution in [2.75, 3.05) is 12.0 Å². The fraction of sp³-hybridized carbons (Fsp3) is 0.222. The molecule has 0 aromatic carbocycles. The Hall–Kier alpha value is -2.04. The lowest BCUT2D eigenvalue weighted by atomic mass is 10.4. The number of aromatic amines is 1. The SMILES string of the molecule is NNc1cc(S(=O)(=O)NCCc2ncn[nH]2)ccn1. The van der Waals surface area contributed by atoms with Gasteiger partial charge in [-0.3, -0.25) is 5.10 Å². The maximum Gasteiger partial charge on any atom is 0.240 e. The number of nitrogens with zero attached hydrogens (tertiary/aromatic N) is 3. The Kier molecular flexibility index (Phi) is 4.04. The van der Waals surface area contributed by atoms with Gasteiger partial charge in [0.25, 0.3) is 0 Å². The number of nitrogens with one attached hydrogen (secondary N) is 3. The molecule has 0 spiro atoms. The standard InChI is InChI=1S/C9H13N7O2S/c10-15-9-5-7(1-3-11-9)19(17,18)14-4-2-8-12-6-13-16-8/h1,3,5-6,14H,2,4,10H2,(H,11,15)(H,12,13,16).